The zero-order valence-electron chi connectivity index (χ0n) is 13.2. The maximum absolute atomic E-state index is 11.0. The van der Waals surface area contributed by atoms with Crippen molar-refractivity contribution in [2.24, 2.45) is 11.1 Å². The number of hydrogen-bond donors (Lipinski definition) is 2. The second kappa shape index (κ2) is 6.98. The molecule has 7 heteroatoms. The maximum atomic E-state index is 11.0. The summed E-state index contributed by atoms with van der Waals surface area (Å²) >= 11 is 0. The monoisotopic (exact) mass is 336 g/mol. The number of para-hydroxylation sites is 2. The minimum atomic E-state index is -3.33. The summed E-state index contributed by atoms with van der Waals surface area (Å²) in [6.45, 7) is 2.86. The lowest BCUT2D eigenvalue weighted by Crippen LogP contribution is -2.36. The van der Waals surface area contributed by atoms with Gasteiger partial charge >= 0.3 is 0 Å². The smallest absolute Gasteiger partial charge is 0.209 e. The Morgan fingerprint density at radius 2 is 2.00 bits per heavy atom. The normalized spacial score (nSPS) is 17.8. The van der Waals surface area contributed by atoms with Crippen LogP contribution in [0.25, 0.3) is 11.0 Å². The van der Waals surface area contributed by atoms with Crippen LogP contribution in [-0.2, 0) is 16.4 Å². The third kappa shape index (κ3) is 4.76. The van der Waals surface area contributed by atoms with E-state index in [0.29, 0.717) is 12.3 Å². The number of aromatic nitrogens is 2. The number of nitrogens with two attached hydrogens (primary N) is 1. The second-order valence-corrected chi connectivity index (χ2v) is 8.14. The molecule has 1 fully saturated rings. The number of primary sulfonamides is 1. The van der Waals surface area contributed by atoms with Crippen LogP contribution >= 0.6 is 0 Å². The van der Waals surface area contributed by atoms with Crippen molar-refractivity contribution in [3.63, 3.8) is 0 Å². The number of nitrogens with one attached hydrogen (secondary N) is 1. The van der Waals surface area contributed by atoms with Crippen molar-refractivity contribution in [2.75, 3.05) is 25.4 Å². The lowest BCUT2D eigenvalue weighted by molar-refractivity contribution is 0.183. The Bertz CT molecular complexity index is 715. The third-order valence-corrected chi connectivity index (χ3v) is 5.39. The predicted molar refractivity (Wildman–Crippen MR) is 91.6 cm³/mol. The molecule has 0 aliphatic carbocycles. The number of piperidine rings is 1. The van der Waals surface area contributed by atoms with E-state index in [9.17, 15) is 8.42 Å². The number of likely N-dealkylation sites (tertiary alicyclic amines) is 1. The average Bonchev–Trinajstić information content (AvgIpc) is 2.90. The number of hydrogen-bond acceptors (Lipinski definition) is 4. The van der Waals surface area contributed by atoms with Crippen molar-refractivity contribution in [3.8, 4) is 0 Å². The van der Waals surface area contributed by atoms with E-state index in [0.717, 1.165) is 55.8 Å². The fraction of sp³-hybridized carbons (Fsp3) is 0.562. The van der Waals surface area contributed by atoms with Gasteiger partial charge in [-0.3, -0.25) is 0 Å². The molecule has 0 spiro atoms. The molecule has 0 atom stereocenters. The summed E-state index contributed by atoms with van der Waals surface area (Å²) in [5.74, 6) is 1.79. The summed E-state index contributed by atoms with van der Waals surface area (Å²) in [7, 11) is -3.33. The highest BCUT2D eigenvalue weighted by atomic mass is 32.2. The number of benzene rings is 1. The van der Waals surface area contributed by atoms with Crippen molar-refractivity contribution in [3.05, 3.63) is 30.1 Å². The van der Waals surface area contributed by atoms with Crippen LogP contribution in [0.1, 0.15) is 25.1 Å². The molecule has 0 bridgehead atoms. The Labute approximate surface area is 137 Å². The first-order valence-corrected chi connectivity index (χ1v) is 9.87. The molecule has 23 heavy (non-hydrogen) atoms. The molecule has 3 rings (SSSR count). The largest absolute Gasteiger partial charge is 0.342 e. The molecule has 2 heterocycles. The number of aromatic amines is 1. The molecule has 0 unspecified atom stereocenters. The first-order chi connectivity index (χ1) is 11.0. The van der Waals surface area contributed by atoms with Gasteiger partial charge in [-0.05, 0) is 56.9 Å². The lowest BCUT2D eigenvalue weighted by Gasteiger charge is -2.31. The Morgan fingerprint density at radius 3 is 2.70 bits per heavy atom. The summed E-state index contributed by atoms with van der Waals surface area (Å²) in [5, 5.41) is 5.03. The van der Waals surface area contributed by atoms with Gasteiger partial charge in [0.25, 0.3) is 0 Å². The fourth-order valence-corrected chi connectivity index (χ4v) is 3.81. The van der Waals surface area contributed by atoms with E-state index >= 15 is 0 Å². The number of imidazole rings is 1. The van der Waals surface area contributed by atoms with Crippen molar-refractivity contribution in [1.82, 2.24) is 14.9 Å². The number of rotatable bonds is 6. The fourth-order valence-electron chi connectivity index (χ4n) is 3.28. The van der Waals surface area contributed by atoms with Crippen LogP contribution in [0.3, 0.4) is 0 Å². The second-order valence-electron chi connectivity index (χ2n) is 6.41. The molecule has 0 saturated carbocycles. The minimum absolute atomic E-state index is 0.0753. The van der Waals surface area contributed by atoms with E-state index in [1.165, 1.54) is 0 Å². The van der Waals surface area contributed by atoms with E-state index in [2.05, 4.69) is 20.9 Å². The van der Waals surface area contributed by atoms with Gasteiger partial charge in [-0.2, -0.15) is 0 Å². The molecule has 1 saturated heterocycles. The molecule has 6 nitrogen and oxygen atoms in total. The Kier molecular flexibility index (Phi) is 4.99. The van der Waals surface area contributed by atoms with Crippen LogP contribution < -0.4 is 5.14 Å². The molecule has 3 N–H and O–H groups in total. The standard InChI is InChI=1S/C16H24N4O2S/c17-23(21,22)11-3-8-20-9-6-13(7-10-20)12-16-18-14-4-1-2-5-15(14)19-16/h1-2,4-5,13H,3,6-12H2,(H,18,19)(H2,17,21,22). The molecular formula is C16H24N4O2S. The maximum Gasteiger partial charge on any atom is 0.209 e. The summed E-state index contributed by atoms with van der Waals surface area (Å²) in [6, 6.07) is 8.11. The molecular weight excluding hydrogens is 312 g/mol. The van der Waals surface area contributed by atoms with Crippen molar-refractivity contribution >= 4 is 21.1 Å². The molecule has 126 valence electrons. The molecule has 1 aliphatic rings. The number of nitrogens with zero attached hydrogens (tertiary/aromatic N) is 2. The van der Waals surface area contributed by atoms with Gasteiger partial charge in [-0.25, -0.2) is 18.5 Å². The zero-order valence-corrected chi connectivity index (χ0v) is 14.1. The van der Waals surface area contributed by atoms with Crippen molar-refractivity contribution in [2.45, 2.75) is 25.7 Å². The molecule has 2 aromatic rings. The van der Waals surface area contributed by atoms with E-state index < -0.39 is 10.0 Å². The van der Waals surface area contributed by atoms with Gasteiger partial charge in [0, 0.05) is 6.42 Å². The van der Waals surface area contributed by atoms with Gasteiger partial charge in [0.2, 0.25) is 10.0 Å². The van der Waals surface area contributed by atoms with Crippen LogP contribution in [0.4, 0.5) is 0 Å². The topological polar surface area (TPSA) is 92.1 Å². The van der Waals surface area contributed by atoms with Crippen LogP contribution in [0.5, 0.6) is 0 Å². The average molecular weight is 336 g/mol. The van der Waals surface area contributed by atoms with Crippen molar-refractivity contribution in [1.29, 1.82) is 0 Å². The highest BCUT2D eigenvalue weighted by molar-refractivity contribution is 7.89. The van der Waals surface area contributed by atoms with Crippen LogP contribution in [0.15, 0.2) is 24.3 Å². The Balaban J connectivity index is 1.45. The SMILES string of the molecule is NS(=O)(=O)CCCN1CCC(Cc2nc3ccccc3[nH]2)CC1. The molecule has 1 aliphatic heterocycles. The van der Waals surface area contributed by atoms with Gasteiger partial charge in [-0.1, -0.05) is 12.1 Å². The highest BCUT2D eigenvalue weighted by Crippen LogP contribution is 2.22. The van der Waals surface area contributed by atoms with Crippen molar-refractivity contribution < 1.29 is 8.42 Å². The van der Waals surface area contributed by atoms with Gasteiger partial charge in [-0.15, -0.1) is 0 Å². The first-order valence-electron chi connectivity index (χ1n) is 8.16. The summed E-state index contributed by atoms with van der Waals surface area (Å²) in [4.78, 5) is 10.4. The highest BCUT2D eigenvalue weighted by Gasteiger charge is 2.20. The van der Waals surface area contributed by atoms with Crippen LogP contribution in [-0.4, -0.2) is 48.7 Å². The first kappa shape index (κ1) is 16.4. The molecule has 1 aromatic heterocycles. The Hall–Kier alpha value is -1.44. The quantitative estimate of drug-likeness (QED) is 0.836. The van der Waals surface area contributed by atoms with Gasteiger partial charge < -0.3 is 9.88 Å². The third-order valence-electron chi connectivity index (χ3n) is 4.53. The lowest BCUT2D eigenvalue weighted by atomic mass is 9.93. The van der Waals surface area contributed by atoms with Gasteiger partial charge in [0.15, 0.2) is 0 Å². The summed E-state index contributed by atoms with van der Waals surface area (Å²) in [5.41, 5.74) is 2.13. The Morgan fingerprint density at radius 1 is 1.26 bits per heavy atom. The molecule has 1 aromatic carbocycles. The molecule has 0 amide bonds. The number of fused-ring (bicyclic) bond motifs is 1. The summed E-state index contributed by atoms with van der Waals surface area (Å²) in [6.07, 6.45) is 3.87. The van der Waals surface area contributed by atoms with Gasteiger partial charge in [0.05, 0.1) is 16.8 Å². The van der Waals surface area contributed by atoms with E-state index in [-0.39, 0.29) is 5.75 Å². The van der Waals surface area contributed by atoms with Crippen LogP contribution in [0, 0.1) is 5.92 Å². The molecule has 0 radical (unpaired) electrons. The number of H-pyrrole nitrogens is 1. The van der Waals surface area contributed by atoms with Gasteiger partial charge in [0.1, 0.15) is 5.82 Å². The van der Waals surface area contributed by atoms with E-state index in [4.69, 9.17) is 5.14 Å². The minimum Gasteiger partial charge on any atom is -0.342 e. The zero-order chi connectivity index (χ0) is 16.3. The van der Waals surface area contributed by atoms with Crippen LogP contribution in [0.2, 0.25) is 0 Å². The van der Waals surface area contributed by atoms with E-state index in [1.54, 1.807) is 0 Å². The predicted octanol–water partition coefficient (Wildman–Crippen LogP) is 1.50. The number of sulfonamides is 1. The summed E-state index contributed by atoms with van der Waals surface area (Å²) < 4.78 is 21.9. The van der Waals surface area contributed by atoms with E-state index in [1.807, 2.05) is 18.2 Å².